The molecule has 8 heteroatoms. The van der Waals surface area contributed by atoms with Gasteiger partial charge >= 0.3 is 0 Å². The number of nitrogens with one attached hydrogen (secondary N) is 1. The zero-order valence-electron chi connectivity index (χ0n) is 17.2. The zero-order chi connectivity index (χ0) is 22.4. The molecule has 0 fully saturated rings. The fourth-order valence-electron chi connectivity index (χ4n) is 3.03. The molecule has 162 valence electrons. The lowest BCUT2D eigenvalue weighted by Crippen LogP contribution is -2.47. The van der Waals surface area contributed by atoms with Crippen LogP contribution in [0.3, 0.4) is 0 Å². The van der Waals surface area contributed by atoms with E-state index in [0.29, 0.717) is 22.7 Å². The summed E-state index contributed by atoms with van der Waals surface area (Å²) in [4.78, 5) is 12.6. The molecule has 0 bridgehead atoms. The first-order chi connectivity index (χ1) is 14.7. The maximum absolute atomic E-state index is 13.0. The largest absolute Gasteiger partial charge is 0.457 e. The minimum absolute atomic E-state index is 0.158. The lowest BCUT2D eigenvalue weighted by atomic mass is 10.2. The number of carbonyl (C=O) groups excluding carboxylic acids is 1. The molecule has 1 amide bonds. The molecule has 0 aliphatic rings. The highest BCUT2D eigenvalue weighted by atomic mass is 32.2. The van der Waals surface area contributed by atoms with Gasteiger partial charge < -0.3 is 10.1 Å². The van der Waals surface area contributed by atoms with Gasteiger partial charge in [-0.2, -0.15) is 0 Å². The van der Waals surface area contributed by atoms with Crippen LogP contribution in [0.1, 0.15) is 12.5 Å². The summed E-state index contributed by atoms with van der Waals surface area (Å²) >= 11 is 0. The number of carbonyl (C=O) groups is 1. The van der Waals surface area contributed by atoms with Crippen molar-refractivity contribution in [2.45, 2.75) is 19.5 Å². The second kappa shape index (κ2) is 9.61. The quantitative estimate of drug-likeness (QED) is 0.570. The minimum Gasteiger partial charge on any atom is -0.457 e. The topological polar surface area (TPSA) is 75.7 Å². The number of halogens is 1. The summed E-state index contributed by atoms with van der Waals surface area (Å²) in [6.45, 7) is 1.67. The number of hydrogen-bond acceptors (Lipinski definition) is 4. The Morgan fingerprint density at radius 2 is 1.55 bits per heavy atom. The van der Waals surface area contributed by atoms with Gasteiger partial charge in [0.15, 0.2) is 0 Å². The van der Waals surface area contributed by atoms with E-state index in [9.17, 15) is 17.6 Å². The van der Waals surface area contributed by atoms with Gasteiger partial charge in [0.2, 0.25) is 15.9 Å². The number of ether oxygens (including phenoxy) is 1. The van der Waals surface area contributed by atoms with Crippen LogP contribution in [0.5, 0.6) is 11.5 Å². The number of benzene rings is 3. The van der Waals surface area contributed by atoms with Crippen LogP contribution >= 0.6 is 0 Å². The highest BCUT2D eigenvalue weighted by Crippen LogP contribution is 2.27. The Balaban J connectivity index is 1.73. The minimum atomic E-state index is -3.74. The molecule has 1 N–H and O–H groups in total. The second-order valence-electron chi connectivity index (χ2n) is 6.99. The van der Waals surface area contributed by atoms with Gasteiger partial charge in [-0.15, -0.1) is 0 Å². The van der Waals surface area contributed by atoms with E-state index in [2.05, 4.69) is 5.32 Å². The molecule has 6 nitrogen and oxygen atoms in total. The van der Waals surface area contributed by atoms with Gasteiger partial charge in [-0.25, -0.2) is 12.8 Å². The van der Waals surface area contributed by atoms with Crippen LogP contribution in [-0.2, 0) is 21.4 Å². The third-order valence-electron chi connectivity index (χ3n) is 4.54. The fourth-order valence-corrected chi connectivity index (χ4v) is 4.21. The Kier molecular flexibility index (Phi) is 6.91. The van der Waals surface area contributed by atoms with E-state index in [-0.39, 0.29) is 12.4 Å². The first-order valence-corrected chi connectivity index (χ1v) is 11.4. The number of nitrogens with zero attached hydrogens (tertiary/aromatic N) is 1. The van der Waals surface area contributed by atoms with Gasteiger partial charge in [0, 0.05) is 6.54 Å². The summed E-state index contributed by atoms with van der Waals surface area (Å²) in [6.07, 6.45) is 1.05. The summed E-state index contributed by atoms with van der Waals surface area (Å²) in [5.74, 6) is 0.353. The van der Waals surface area contributed by atoms with Crippen molar-refractivity contribution >= 4 is 21.6 Å². The van der Waals surface area contributed by atoms with Gasteiger partial charge in [0.05, 0.1) is 11.9 Å². The second-order valence-corrected chi connectivity index (χ2v) is 8.85. The number of para-hydroxylation sites is 1. The highest BCUT2D eigenvalue weighted by Gasteiger charge is 2.29. The van der Waals surface area contributed by atoms with Crippen molar-refractivity contribution in [1.29, 1.82) is 0 Å². The Morgan fingerprint density at radius 1 is 0.968 bits per heavy atom. The molecule has 0 saturated heterocycles. The van der Waals surface area contributed by atoms with E-state index in [1.807, 2.05) is 30.3 Å². The van der Waals surface area contributed by atoms with E-state index in [1.54, 1.807) is 36.4 Å². The van der Waals surface area contributed by atoms with Crippen LogP contribution in [-0.4, -0.2) is 26.6 Å². The Labute approximate surface area is 181 Å². The van der Waals surface area contributed by atoms with Crippen LogP contribution in [0.15, 0.2) is 78.9 Å². The summed E-state index contributed by atoms with van der Waals surface area (Å²) in [5, 5.41) is 2.69. The van der Waals surface area contributed by atoms with Crippen LogP contribution in [0.4, 0.5) is 10.1 Å². The molecule has 31 heavy (non-hydrogen) atoms. The zero-order valence-corrected chi connectivity index (χ0v) is 18.0. The highest BCUT2D eigenvalue weighted by molar-refractivity contribution is 7.92. The van der Waals surface area contributed by atoms with Crippen molar-refractivity contribution in [3.63, 3.8) is 0 Å². The molecule has 0 aliphatic heterocycles. The molecule has 3 rings (SSSR count). The maximum Gasteiger partial charge on any atom is 0.243 e. The first kappa shape index (κ1) is 22.3. The molecule has 0 saturated carbocycles. The van der Waals surface area contributed by atoms with Gasteiger partial charge in [-0.3, -0.25) is 9.10 Å². The van der Waals surface area contributed by atoms with Gasteiger partial charge in [-0.05, 0) is 61.0 Å². The predicted molar refractivity (Wildman–Crippen MR) is 118 cm³/mol. The van der Waals surface area contributed by atoms with E-state index in [1.165, 1.54) is 19.1 Å². The summed E-state index contributed by atoms with van der Waals surface area (Å²) in [7, 11) is -3.74. The van der Waals surface area contributed by atoms with Crippen LogP contribution < -0.4 is 14.4 Å². The summed E-state index contributed by atoms with van der Waals surface area (Å²) in [6, 6.07) is 20.4. The Morgan fingerprint density at radius 3 is 2.13 bits per heavy atom. The van der Waals surface area contributed by atoms with Gasteiger partial charge in [0.25, 0.3) is 0 Å². The molecule has 0 aromatic heterocycles. The van der Waals surface area contributed by atoms with Crippen molar-refractivity contribution in [2.75, 3.05) is 10.6 Å². The summed E-state index contributed by atoms with van der Waals surface area (Å²) in [5.41, 5.74) is 1.04. The normalized spacial score (nSPS) is 12.1. The Bertz CT molecular complexity index is 1120. The van der Waals surface area contributed by atoms with Crippen molar-refractivity contribution in [3.8, 4) is 11.5 Å². The first-order valence-electron chi connectivity index (χ1n) is 9.58. The monoisotopic (exact) mass is 442 g/mol. The van der Waals surface area contributed by atoms with Gasteiger partial charge in [0.1, 0.15) is 23.4 Å². The number of sulfonamides is 1. The molecule has 0 heterocycles. The number of hydrogen-bond donors (Lipinski definition) is 1. The maximum atomic E-state index is 13.0. The molecule has 3 aromatic carbocycles. The molecule has 0 radical (unpaired) electrons. The van der Waals surface area contributed by atoms with Crippen molar-refractivity contribution in [1.82, 2.24) is 5.32 Å². The van der Waals surface area contributed by atoms with E-state index < -0.39 is 22.0 Å². The fraction of sp³-hybridized carbons (Fsp3) is 0.174. The smallest absolute Gasteiger partial charge is 0.243 e. The number of rotatable bonds is 8. The number of amides is 1. The van der Waals surface area contributed by atoms with Gasteiger partial charge in [-0.1, -0.05) is 30.3 Å². The lowest BCUT2D eigenvalue weighted by Gasteiger charge is -2.28. The third-order valence-corrected chi connectivity index (χ3v) is 5.78. The average molecular weight is 443 g/mol. The number of anilines is 1. The predicted octanol–water partition coefficient (Wildman–Crippen LogP) is 4.09. The van der Waals surface area contributed by atoms with Crippen molar-refractivity contribution in [2.24, 2.45) is 0 Å². The van der Waals surface area contributed by atoms with Crippen LogP contribution in [0, 0.1) is 5.82 Å². The molecule has 0 aliphatic carbocycles. The van der Waals surface area contributed by atoms with Crippen molar-refractivity contribution in [3.05, 3.63) is 90.2 Å². The van der Waals surface area contributed by atoms with Crippen LogP contribution in [0.2, 0.25) is 0 Å². The van der Waals surface area contributed by atoms with E-state index >= 15 is 0 Å². The van der Waals surface area contributed by atoms with Crippen molar-refractivity contribution < 1.29 is 22.3 Å². The lowest BCUT2D eigenvalue weighted by molar-refractivity contribution is -0.122. The third kappa shape index (κ3) is 6.05. The summed E-state index contributed by atoms with van der Waals surface area (Å²) < 4.78 is 44.7. The standard InChI is InChI=1S/C23H23FN2O4S/c1-17(23(27)25-16-18-8-10-19(24)11-9-18)26(31(2,28)29)20-12-14-22(15-13-20)30-21-6-4-3-5-7-21/h3-15,17H,16H2,1-2H3,(H,25,27)/t17-/m0/s1. The van der Waals surface area contributed by atoms with E-state index in [0.717, 1.165) is 10.6 Å². The molecular formula is C23H23FN2O4S. The molecular weight excluding hydrogens is 419 g/mol. The van der Waals surface area contributed by atoms with E-state index in [4.69, 9.17) is 4.74 Å². The van der Waals surface area contributed by atoms with Crippen LogP contribution in [0.25, 0.3) is 0 Å². The molecule has 0 spiro atoms. The SMILES string of the molecule is C[C@@H](C(=O)NCc1ccc(F)cc1)N(c1ccc(Oc2ccccc2)cc1)S(C)(=O)=O. The molecule has 3 aromatic rings. The Hall–Kier alpha value is -3.39. The molecule has 0 unspecified atom stereocenters. The molecule has 1 atom stereocenters. The average Bonchev–Trinajstić information content (AvgIpc) is 2.74.